The number of rotatable bonds is 2. The van der Waals surface area contributed by atoms with Crippen LogP contribution in [-0.4, -0.2) is 17.0 Å². The SMILES string of the molecule is FC(c1ccsn1)C1CCCN1. The molecule has 1 aliphatic rings. The second kappa shape index (κ2) is 3.49. The lowest BCUT2D eigenvalue weighted by atomic mass is 10.1. The summed E-state index contributed by atoms with van der Waals surface area (Å²) in [5, 5.41) is 4.95. The highest BCUT2D eigenvalue weighted by Gasteiger charge is 2.26. The zero-order chi connectivity index (χ0) is 8.39. The average Bonchev–Trinajstić information content (AvgIpc) is 2.77. The molecule has 1 aromatic heterocycles. The Balaban J connectivity index is 2.04. The van der Waals surface area contributed by atoms with E-state index in [4.69, 9.17) is 0 Å². The molecular formula is C8H11FN2S. The summed E-state index contributed by atoms with van der Waals surface area (Å²) in [6.45, 7) is 0.940. The molecule has 1 saturated heterocycles. The summed E-state index contributed by atoms with van der Waals surface area (Å²) in [5.74, 6) is 0. The summed E-state index contributed by atoms with van der Waals surface area (Å²) in [5.41, 5.74) is 0.583. The van der Waals surface area contributed by atoms with Crippen LogP contribution < -0.4 is 5.32 Å². The fourth-order valence-corrected chi connectivity index (χ4v) is 2.08. The van der Waals surface area contributed by atoms with Gasteiger partial charge in [0.25, 0.3) is 0 Å². The minimum Gasteiger partial charge on any atom is -0.311 e. The number of alkyl halides is 1. The van der Waals surface area contributed by atoms with E-state index in [0.29, 0.717) is 5.69 Å². The van der Waals surface area contributed by atoms with Crippen LogP contribution in [0.3, 0.4) is 0 Å². The van der Waals surface area contributed by atoms with Crippen molar-refractivity contribution in [1.29, 1.82) is 0 Å². The molecule has 0 radical (unpaired) electrons. The van der Waals surface area contributed by atoms with Gasteiger partial charge in [0.2, 0.25) is 0 Å². The van der Waals surface area contributed by atoms with Crippen molar-refractivity contribution in [3.8, 4) is 0 Å². The Hall–Kier alpha value is -0.480. The Morgan fingerprint density at radius 3 is 3.25 bits per heavy atom. The summed E-state index contributed by atoms with van der Waals surface area (Å²) in [7, 11) is 0. The first kappa shape index (κ1) is 8.13. The van der Waals surface area contributed by atoms with Crippen LogP contribution in [0, 0.1) is 0 Å². The molecule has 2 rings (SSSR count). The Morgan fingerprint density at radius 1 is 1.75 bits per heavy atom. The number of hydrogen-bond donors (Lipinski definition) is 1. The van der Waals surface area contributed by atoms with Crippen molar-refractivity contribution >= 4 is 11.5 Å². The van der Waals surface area contributed by atoms with E-state index in [2.05, 4.69) is 9.69 Å². The molecule has 0 bridgehead atoms. The highest BCUT2D eigenvalue weighted by Crippen LogP contribution is 2.25. The Kier molecular flexibility index (Phi) is 2.37. The fourth-order valence-electron chi connectivity index (χ4n) is 1.53. The van der Waals surface area contributed by atoms with Gasteiger partial charge in [-0.25, -0.2) is 4.39 Å². The molecule has 1 aliphatic heterocycles. The largest absolute Gasteiger partial charge is 0.311 e. The minimum absolute atomic E-state index is 0.00731. The van der Waals surface area contributed by atoms with Crippen molar-refractivity contribution < 1.29 is 4.39 Å². The molecule has 0 spiro atoms. The van der Waals surface area contributed by atoms with Crippen molar-refractivity contribution in [2.24, 2.45) is 0 Å². The van der Waals surface area contributed by atoms with Crippen molar-refractivity contribution in [2.75, 3.05) is 6.54 Å². The smallest absolute Gasteiger partial charge is 0.158 e. The molecule has 0 saturated carbocycles. The molecule has 0 amide bonds. The van der Waals surface area contributed by atoms with Crippen LogP contribution in [0.1, 0.15) is 24.7 Å². The van der Waals surface area contributed by atoms with E-state index in [-0.39, 0.29) is 6.04 Å². The molecule has 12 heavy (non-hydrogen) atoms. The van der Waals surface area contributed by atoms with Crippen LogP contribution in [-0.2, 0) is 0 Å². The topological polar surface area (TPSA) is 24.9 Å². The highest BCUT2D eigenvalue weighted by molar-refractivity contribution is 7.03. The lowest BCUT2D eigenvalue weighted by molar-refractivity contribution is 0.266. The Bertz CT molecular complexity index is 231. The Labute approximate surface area is 75.0 Å². The van der Waals surface area contributed by atoms with Crippen LogP contribution >= 0.6 is 11.5 Å². The van der Waals surface area contributed by atoms with Crippen molar-refractivity contribution in [2.45, 2.75) is 25.1 Å². The van der Waals surface area contributed by atoms with E-state index in [9.17, 15) is 4.39 Å². The molecule has 2 atom stereocenters. The number of hydrogen-bond acceptors (Lipinski definition) is 3. The zero-order valence-electron chi connectivity index (χ0n) is 6.66. The number of nitrogens with zero attached hydrogens (tertiary/aromatic N) is 1. The third-order valence-corrected chi connectivity index (χ3v) is 2.77. The summed E-state index contributed by atoms with van der Waals surface area (Å²) < 4.78 is 17.5. The van der Waals surface area contributed by atoms with Gasteiger partial charge in [-0.05, 0) is 37.0 Å². The first-order valence-electron chi connectivity index (χ1n) is 4.15. The van der Waals surface area contributed by atoms with E-state index >= 15 is 0 Å². The van der Waals surface area contributed by atoms with Gasteiger partial charge in [0, 0.05) is 11.4 Å². The van der Waals surface area contributed by atoms with Gasteiger partial charge in [-0.3, -0.25) is 0 Å². The van der Waals surface area contributed by atoms with Crippen LogP contribution in [0.4, 0.5) is 4.39 Å². The van der Waals surface area contributed by atoms with Gasteiger partial charge in [0.15, 0.2) is 6.17 Å². The van der Waals surface area contributed by atoms with Gasteiger partial charge in [0.05, 0.1) is 5.69 Å². The molecule has 1 N–H and O–H groups in total. The third-order valence-electron chi connectivity index (χ3n) is 2.19. The summed E-state index contributed by atoms with van der Waals surface area (Å²) in [6.07, 6.45) is 1.09. The van der Waals surface area contributed by atoms with Gasteiger partial charge in [0.1, 0.15) is 0 Å². The van der Waals surface area contributed by atoms with E-state index in [1.807, 2.05) is 5.38 Å². The van der Waals surface area contributed by atoms with E-state index in [1.54, 1.807) is 6.07 Å². The zero-order valence-corrected chi connectivity index (χ0v) is 7.48. The maximum absolute atomic E-state index is 13.6. The second-order valence-corrected chi connectivity index (χ2v) is 3.69. The van der Waals surface area contributed by atoms with Crippen molar-refractivity contribution in [3.63, 3.8) is 0 Å². The number of nitrogens with one attached hydrogen (secondary N) is 1. The van der Waals surface area contributed by atoms with Crippen LogP contribution in [0.2, 0.25) is 0 Å². The molecule has 4 heteroatoms. The predicted octanol–water partition coefficient (Wildman–Crippen LogP) is 1.91. The molecule has 2 unspecified atom stereocenters. The maximum Gasteiger partial charge on any atom is 0.158 e. The lowest BCUT2D eigenvalue weighted by Gasteiger charge is -2.12. The molecule has 1 aromatic rings. The molecule has 1 fully saturated rings. The molecule has 2 nitrogen and oxygen atoms in total. The number of halogens is 1. The summed E-state index contributed by atoms with van der Waals surface area (Å²) >= 11 is 1.31. The first-order chi connectivity index (χ1) is 5.88. The molecule has 66 valence electrons. The first-order valence-corrected chi connectivity index (χ1v) is 4.99. The van der Waals surface area contributed by atoms with Gasteiger partial charge in [-0.15, -0.1) is 0 Å². The second-order valence-electron chi connectivity index (χ2n) is 3.03. The summed E-state index contributed by atoms with van der Waals surface area (Å²) in [4.78, 5) is 0. The molecule has 0 aromatic carbocycles. The van der Waals surface area contributed by atoms with E-state index in [1.165, 1.54) is 11.5 Å². The highest BCUT2D eigenvalue weighted by atomic mass is 32.1. The van der Waals surface area contributed by atoms with Crippen LogP contribution in [0.5, 0.6) is 0 Å². The van der Waals surface area contributed by atoms with Crippen LogP contribution in [0.15, 0.2) is 11.4 Å². The van der Waals surface area contributed by atoms with Crippen molar-refractivity contribution in [3.05, 3.63) is 17.1 Å². The molecule has 0 aliphatic carbocycles. The predicted molar refractivity (Wildman–Crippen MR) is 47.0 cm³/mol. The Morgan fingerprint density at radius 2 is 2.67 bits per heavy atom. The van der Waals surface area contributed by atoms with E-state index in [0.717, 1.165) is 19.4 Å². The van der Waals surface area contributed by atoms with Gasteiger partial charge < -0.3 is 5.32 Å². The third kappa shape index (κ3) is 1.49. The molecular weight excluding hydrogens is 175 g/mol. The summed E-state index contributed by atoms with van der Waals surface area (Å²) in [6, 6.07) is 1.75. The maximum atomic E-state index is 13.6. The normalized spacial score (nSPS) is 25.9. The van der Waals surface area contributed by atoms with Gasteiger partial charge >= 0.3 is 0 Å². The fraction of sp³-hybridized carbons (Fsp3) is 0.625. The van der Waals surface area contributed by atoms with Gasteiger partial charge in [-0.1, -0.05) is 0 Å². The number of aromatic nitrogens is 1. The minimum atomic E-state index is -0.918. The standard InChI is InChI=1S/C8H11FN2S/c9-8(6-2-1-4-10-6)7-3-5-12-11-7/h3,5-6,8,10H,1-2,4H2. The van der Waals surface area contributed by atoms with Gasteiger partial charge in [-0.2, -0.15) is 4.37 Å². The molecule has 2 heterocycles. The van der Waals surface area contributed by atoms with E-state index < -0.39 is 6.17 Å². The quantitative estimate of drug-likeness (QED) is 0.763. The van der Waals surface area contributed by atoms with Crippen LogP contribution in [0.25, 0.3) is 0 Å². The van der Waals surface area contributed by atoms with Crippen molar-refractivity contribution in [1.82, 2.24) is 9.69 Å². The average molecular weight is 186 g/mol. The lowest BCUT2D eigenvalue weighted by Crippen LogP contribution is -2.26. The monoisotopic (exact) mass is 186 g/mol.